The van der Waals surface area contributed by atoms with Crippen molar-refractivity contribution < 1.29 is 9.59 Å². The third-order valence-electron chi connectivity index (χ3n) is 4.32. The number of benzene rings is 1. The molecule has 1 aliphatic heterocycles. The number of nitrogens with two attached hydrogens (primary N) is 1. The molecule has 24 heavy (non-hydrogen) atoms. The van der Waals surface area contributed by atoms with Gasteiger partial charge in [0.2, 0.25) is 11.8 Å². The van der Waals surface area contributed by atoms with Crippen LogP contribution in [0.15, 0.2) is 36.5 Å². The second kappa shape index (κ2) is 6.41. The van der Waals surface area contributed by atoms with E-state index in [9.17, 15) is 9.59 Å². The molecule has 3 heterocycles. The SMILES string of the molecule is CN.Cc1cccc2c1c1cccnc1n2C1CCC(=O)NC1=O. The van der Waals surface area contributed by atoms with Crippen LogP contribution in [-0.2, 0) is 9.59 Å². The summed E-state index contributed by atoms with van der Waals surface area (Å²) < 4.78 is 1.97. The number of carbonyl (C=O) groups excluding carboxylic acids is 2. The van der Waals surface area contributed by atoms with Gasteiger partial charge in [0.25, 0.3) is 0 Å². The number of hydrogen-bond donors (Lipinski definition) is 2. The molecule has 1 fully saturated rings. The number of pyridine rings is 1. The first-order valence-electron chi connectivity index (χ1n) is 7.92. The lowest BCUT2D eigenvalue weighted by molar-refractivity contribution is -0.135. The summed E-state index contributed by atoms with van der Waals surface area (Å²) in [6.45, 7) is 2.06. The van der Waals surface area contributed by atoms with Crippen molar-refractivity contribution in [2.75, 3.05) is 7.05 Å². The Hall–Kier alpha value is -2.73. The van der Waals surface area contributed by atoms with Gasteiger partial charge in [-0.2, -0.15) is 0 Å². The number of nitrogens with one attached hydrogen (secondary N) is 1. The lowest BCUT2D eigenvalue weighted by Gasteiger charge is -2.23. The predicted molar refractivity (Wildman–Crippen MR) is 93.5 cm³/mol. The van der Waals surface area contributed by atoms with Crippen molar-refractivity contribution in [1.82, 2.24) is 14.9 Å². The maximum Gasteiger partial charge on any atom is 0.249 e. The molecule has 1 aliphatic rings. The number of carbonyl (C=O) groups is 2. The summed E-state index contributed by atoms with van der Waals surface area (Å²) in [5.74, 6) is -0.451. The average molecular weight is 324 g/mol. The Morgan fingerprint density at radius 2 is 2.00 bits per heavy atom. The Bertz CT molecular complexity index is 929. The van der Waals surface area contributed by atoms with Gasteiger partial charge in [-0.25, -0.2) is 4.98 Å². The minimum atomic E-state index is -0.394. The fourth-order valence-electron chi connectivity index (χ4n) is 3.35. The Kier molecular flexibility index (Phi) is 4.31. The molecule has 0 saturated carbocycles. The van der Waals surface area contributed by atoms with E-state index in [4.69, 9.17) is 0 Å². The molecule has 3 aromatic rings. The number of piperidine rings is 1. The van der Waals surface area contributed by atoms with Crippen molar-refractivity contribution >= 4 is 33.8 Å². The first kappa shape index (κ1) is 16.1. The van der Waals surface area contributed by atoms with E-state index in [0.29, 0.717) is 12.8 Å². The van der Waals surface area contributed by atoms with Crippen LogP contribution in [-0.4, -0.2) is 28.4 Å². The molecule has 1 aromatic carbocycles. The Balaban J connectivity index is 0.000000815. The van der Waals surface area contributed by atoms with Crippen LogP contribution < -0.4 is 11.1 Å². The second-order valence-electron chi connectivity index (χ2n) is 5.68. The van der Waals surface area contributed by atoms with E-state index < -0.39 is 6.04 Å². The molecule has 0 bridgehead atoms. The van der Waals surface area contributed by atoms with Gasteiger partial charge in [-0.1, -0.05) is 12.1 Å². The van der Waals surface area contributed by atoms with E-state index in [0.717, 1.165) is 27.5 Å². The van der Waals surface area contributed by atoms with Gasteiger partial charge in [-0.15, -0.1) is 0 Å². The summed E-state index contributed by atoms with van der Waals surface area (Å²) in [6, 6.07) is 9.59. The van der Waals surface area contributed by atoms with Crippen molar-refractivity contribution in [2.45, 2.75) is 25.8 Å². The van der Waals surface area contributed by atoms with E-state index in [2.05, 4.69) is 29.0 Å². The molecule has 4 rings (SSSR count). The van der Waals surface area contributed by atoms with E-state index >= 15 is 0 Å². The zero-order chi connectivity index (χ0) is 17.3. The smallest absolute Gasteiger partial charge is 0.249 e. The maximum absolute atomic E-state index is 12.3. The quantitative estimate of drug-likeness (QED) is 0.670. The van der Waals surface area contributed by atoms with Crippen molar-refractivity contribution in [3.63, 3.8) is 0 Å². The number of amides is 2. The fraction of sp³-hybridized carbons (Fsp3) is 0.278. The van der Waals surface area contributed by atoms with Gasteiger partial charge in [0, 0.05) is 23.4 Å². The maximum atomic E-state index is 12.3. The van der Waals surface area contributed by atoms with E-state index in [1.54, 1.807) is 6.20 Å². The number of fused-ring (bicyclic) bond motifs is 3. The molecule has 6 heteroatoms. The van der Waals surface area contributed by atoms with Gasteiger partial charge in [-0.05, 0) is 44.2 Å². The zero-order valence-corrected chi connectivity index (χ0v) is 13.7. The average Bonchev–Trinajstić information content (AvgIpc) is 2.93. The van der Waals surface area contributed by atoms with Gasteiger partial charge < -0.3 is 10.3 Å². The van der Waals surface area contributed by atoms with Gasteiger partial charge in [0.05, 0.1) is 5.52 Å². The molecular weight excluding hydrogens is 304 g/mol. The molecule has 0 spiro atoms. The summed E-state index contributed by atoms with van der Waals surface area (Å²) in [5, 5.41) is 4.60. The number of aryl methyl sites for hydroxylation is 1. The second-order valence-corrected chi connectivity index (χ2v) is 5.68. The van der Waals surface area contributed by atoms with Crippen LogP contribution in [0.3, 0.4) is 0 Å². The molecule has 1 unspecified atom stereocenters. The summed E-state index contributed by atoms with van der Waals surface area (Å²) in [5.41, 5.74) is 7.44. The molecule has 6 nitrogen and oxygen atoms in total. The van der Waals surface area contributed by atoms with Gasteiger partial charge in [-0.3, -0.25) is 14.9 Å². The molecule has 3 N–H and O–H groups in total. The lowest BCUT2D eigenvalue weighted by atomic mass is 10.1. The van der Waals surface area contributed by atoms with Crippen LogP contribution in [0.25, 0.3) is 21.9 Å². The van der Waals surface area contributed by atoms with E-state index in [1.165, 1.54) is 7.05 Å². The van der Waals surface area contributed by atoms with Crippen molar-refractivity contribution in [1.29, 1.82) is 0 Å². The van der Waals surface area contributed by atoms with Crippen LogP contribution in [0.2, 0.25) is 0 Å². The molecule has 2 amide bonds. The Labute approximate surface area is 139 Å². The number of imide groups is 1. The van der Waals surface area contributed by atoms with Crippen LogP contribution in [0.1, 0.15) is 24.4 Å². The third kappa shape index (κ3) is 2.45. The number of aromatic nitrogens is 2. The third-order valence-corrected chi connectivity index (χ3v) is 4.32. The Morgan fingerprint density at radius 1 is 1.21 bits per heavy atom. The normalized spacial score (nSPS) is 17.5. The lowest BCUT2D eigenvalue weighted by Crippen LogP contribution is -2.41. The van der Waals surface area contributed by atoms with Crippen LogP contribution in [0.4, 0.5) is 0 Å². The fourth-order valence-corrected chi connectivity index (χ4v) is 3.35. The highest BCUT2D eigenvalue weighted by Crippen LogP contribution is 2.34. The van der Waals surface area contributed by atoms with Gasteiger partial charge >= 0.3 is 0 Å². The van der Waals surface area contributed by atoms with Crippen molar-refractivity contribution in [3.8, 4) is 0 Å². The summed E-state index contributed by atoms with van der Waals surface area (Å²) in [4.78, 5) is 28.2. The highest BCUT2D eigenvalue weighted by atomic mass is 16.2. The van der Waals surface area contributed by atoms with Crippen LogP contribution in [0, 0.1) is 6.92 Å². The van der Waals surface area contributed by atoms with Gasteiger partial charge in [0.15, 0.2) is 0 Å². The van der Waals surface area contributed by atoms with Gasteiger partial charge in [0.1, 0.15) is 11.7 Å². The summed E-state index contributed by atoms with van der Waals surface area (Å²) >= 11 is 0. The molecule has 2 aromatic heterocycles. The zero-order valence-electron chi connectivity index (χ0n) is 13.7. The number of nitrogens with zero attached hydrogens (tertiary/aromatic N) is 2. The van der Waals surface area contributed by atoms with E-state index in [1.807, 2.05) is 28.8 Å². The predicted octanol–water partition coefficient (Wildman–Crippen LogP) is 2.05. The summed E-state index contributed by atoms with van der Waals surface area (Å²) in [6.07, 6.45) is 2.60. The first-order valence-corrected chi connectivity index (χ1v) is 7.92. The molecular formula is C18H20N4O2. The van der Waals surface area contributed by atoms with Crippen molar-refractivity contribution in [2.24, 2.45) is 5.73 Å². The molecule has 124 valence electrons. The van der Waals surface area contributed by atoms with Crippen molar-refractivity contribution in [3.05, 3.63) is 42.1 Å². The molecule has 1 atom stereocenters. The minimum absolute atomic E-state index is 0.203. The van der Waals surface area contributed by atoms with Crippen LogP contribution >= 0.6 is 0 Å². The topological polar surface area (TPSA) is 90.0 Å². The highest BCUT2D eigenvalue weighted by Gasteiger charge is 2.30. The molecule has 0 radical (unpaired) electrons. The molecule has 0 aliphatic carbocycles. The minimum Gasteiger partial charge on any atom is -0.333 e. The highest BCUT2D eigenvalue weighted by molar-refractivity contribution is 6.10. The largest absolute Gasteiger partial charge is 0.333 e. The monoisotopic (exact) mass is 324 g/mol. The number of hydrogen-bond acceptors (Lipinski definition) is 4. The van der Waals surface area contributed by atoms with Crippen LogP contribution in [0.5, 0.6) is 0 Å². The summed E-state index contributed by atoms with van der Waals surface area (Å²) in [7, 11) is 1.50. The first-order chi connectivity index (χ1) is 11.7. The van der Waals surface area contributed by atoms with E-state index in [-0.39, 0.29) is 11.8 Å². The Morgan fingerprint density at radius 3 is 2.75 bits per heavy atom. The standard InChI is InChI=1S/C17H15N3O2.CH5N/c1-10-4-2-6-12-15(10)11-5-3-9-18-16(11)20(12)13-7-8-14(21)19-17(13)22;1-2/h2-6,9,13H,7-8H2,1H3,(H,19,21,22);2H2,1H3. The number of rotatable bonds is 1. The molecule has 1 saturated heterocycles.